The quantitative estimate of drug-likeness (QED) is 0.407. The topological polar surface area (TPSA) is 107 Å². The summed E-state index contributed by atoms with van der Waals surface area (Å²) in [4.78, 5) is 42.6. The van der Waals surface area contributed by atoms with Crippen LogP contribution in [0, 0.1) is 0 Å². The number of aromatic nitrogens is 1. The number of carboxylic acid groups (broad SMARTS) is 1. The lowest BCUT2D eigenvalue weighted by molar-refractivity contribution is -0.143. The standard InChI is InChI=1S/C26H22BrClN2O6S/c1-13(2)36-25(34)22-14(3)29-26-30(23(22)16-6-4-5-7-18(16)28)24(33)20(37-26)11-15-8-9-19(17(27)10-15)35-12-21(31)32/h4-11,13,23H,12H2,1-3H3,(H,31,32). The molecule has 1 aliphatic heterocycles. The molecule has 0 saturated heterocycles. The fourth-order valence-corrected chi connectivity index (χ4v) is 5.66. The van der Waals surface area contributed by atoms with Gasteiger partial charge in [-0.1, -0.05) is 47.2 Å². The normalized spacial score (nSPS) is 15.4. The van der Waals surface area contributed by atoms with Gasteiger partial charge in [-0.05, 0) is 72.1 Å². The SMILES string of the molecule is CC1=C(C(=O)OC(C)C)C(c2ccccc2Cl)n2c(sc(=Cc3ccc(OCC(=O)O)c(Br)c3)c2=O)=N1. The molecule has 2 heterocycles. The molecule has 11 heteroatoms. The molecule has 1 atom stereocenters. The number of carbonyl (C=O) groups excluding carboxylic acids is 1. The molecular weight excluding hydrogens is 584 g/mol. The number of hydrogen-bond acceptors (Lipinski definition) is 7. The third-order valence-corrected chi connectivity index (χ3v) is 7.34. The van der Waals surface area contributed by atoms with Gasteiger partial charge in [0.2, 0.25) is 0 Å². The van der Waals surface area contributed by atoms with Crippen molar-refractivity contribution in [2.24, 2.45) is 4.99 Å². The fourth-order valence-electron chi connectivity index (χ4n) is 3.87. The highest BCUT2D eigenvalue weighted by Crippen LogP contribution is 2.34. The molecule has 0 aliphatic carbocycles. The van der Waals surface area contributed by atoms with E-state index < -0.39 is 24.6 Å². The molecule has 3 aromatic rings. The first-order valence-electron chi connectivity index (χ1n) is 11.2. The Hall–Kier alpha value is -3.21. The Kier molecular flexibility index (Phi) is 8.01. The number of thiazole rings is 1. The Morgan fingerprint density at radius 1 is 1.27 bits per heavy atom. The minimum absolute atomic E-state index is 0.253. The lowest BCUT2D eigenvalue weighted by atomic mass is 9.96. The zero-order valence-corrected chi connectivity index (χ0v) is 23.2. The van der Waals surface area contributed by atoms with E-state index in [0.717, 1.165) is 0 Å². The lowest BCUT2D eigenvalue weighted by Crippen LogP contribution is -2.40. The molecule has 1 aromatic heterocycles. The van der Waals surface area contributed by atoms with Gasteiger partial charge in [0, 0.05) is 5.02 Å². The zero-order chi connectivity index (χ0) is 26.9. The van der Waals surface area contributed by atoms with Crippen LogP contribution in [0.15, 0.2) is 68.0 Å². The van der Waals surface area contributed by atoms with Gasteiger partial charge in [0.25, 0.3) is 5.56 Å². The first-order chi connectivity index (χ1) is 17.6. The van der Waals surface area contributed by atoms with Crippen molar-refractivity contribution in [2.75, 3.05) is 6.61 Å². The van der Waals surface area contributed by atoms with E-state index in [2.05, 4.69) is 20.9 Å². The number of rotatable bonds is 7. The minimum atomic E-state index is -1.09. The van der Waals surface area contributed by atoms with Gasteiger partial charge in [-0.2, -0.15) is 0 Å². The molecule has 0 amide bonds. The molecule has 1 N–H and O–H groups in total. The van der Waals surface area contributed by atoms with Crippen LogP contribution in [0.5, 0.6) is 5.75 Å². The summed E-state index contributed by atoms with van der Waals surface area (Å²) < 4.78 is 13.1. The Labute approximate surface area is 229 Å². The van der Waals surface area contributed by atoms with Gasteiger partial charge < -0.3 is 14.6 Å². The summed E-state index contributed by atoms with van der Waals surface area (Å²) in [5, 5.41) is 9.24. The predicted octanol–water partition coefficient (Wildman–Crippen LogP) is 4.07. The molecule has 1 aliphatic rings. The van der Waals surface area contributed by atoms with Crippen LogP contribution in [0.4, 0.5) is 0 Å². The van der Waals surface area contributed by atoms with Gasteiger partial charge in [-0.15, -0.1) is 0 Å². The second kappa shape index (κ2) is 11.0. The third kappa shape index (κ3) is 5.71. The second-order valence-electron chi connectivity index (χ2n) is 8.43. The number of carboxylic acids is 1. The van der Waals surface area contributed by atoms with Crippen molar-refractivity contribution in [1.82, 2.24) is 4.57 Å². The van der Waals surface area contributed by atoms with Crippen molar-refractivity contribution in [2.45, 2.75) is 32.9 Å². The number of fused-ring (bicyclic) bond motifs is 1. The fraction of sp³-hybridized carbons (Fsp3) is 0.231. The summed E-state index contributed by atoms with van der Waals surface area (Å²) in [6, 6.07) is 11.3. The summed E-state index contributed by atoms with van der Waals surface area (Å²) in [5.74, 6) is -1.28. The highest BCUT2D eigenvalue weighted by molar-refractivity contribution is 9.10. The molecule has 0 bridgehead atoms. The number of halogens is 2. The molecular formula is C26H22BrClN2O6S. The number of hydrogen-bond donors (Lipinski definition) is 1. The monoisotopic (exact) mass is 604 g/mol. The molecule has 37 heavy (non-hydrogen) atoms. The van der Waals surface area contributed by atoms with Gasteiger partial charge in [0.15, 0.2) is 11.4 Å². The van der Waals surface area contributed by atoms with Crippen LogP contribution in [-0.2, 0) is 14.3 Å². The van der Waals surface area contributed by atoms with Crippen molar-refractivity contribution < 1.29 is 24.2 Å². The maximum atomic E-state index is 13.7. The van der Waals surface area contributed by atoms with E-state index in [-0.39, 0.29) is 17.2 Å². The molecule has 0 radical (unpaired) electrons. The Balaban J connectivity index is 1.85. The zero-order valence-electron chi connectivity index (χ0n) is 20.0. The van der Waals surface area contributed by atoms with E-state index in [9.17, 15) is 14.4 Å². The van der Waals surface area contributed by atoms with Crippen LogP contribution in [0.3, 0.4) is 0 Å². The minimum Gasteiger partial charge on any atom is -0.481 e. The molecule has 4 rings (SSSR count). The summed E-state index contributed by atoms with van der Waals surface area (Å²) in [5.41, 5.74) is 1.64. The number of ether oxygens (including phenoxy) is 2. The second-order valence-corrected chi connectivity index (χ2v) is 10.7. The molecule has 0 fully saturated rings. The van der Waals surface area contributed by atoms with E-state index in [1.54, 1.807) is 69.3 Å². The number of nitrogens with zero attached hydrogens (tertiary/aromatic N) is 2. The Morgan fingerprint density at radius 2 is 2.00 bits per heavy atom. The predicted molar refractivity (Wildman–Crippen MR) is 144 cm³/mol. The number of benzene rings is 2. The summed E-state index contributed by atoms with van der Waals surface area (Å²) >= 11 is 11.1. The maximum absolute atomic E-state index is 13.7. The van der Waals surface area contributed by atoms with Crippen LogP contribution in [-0.4, -0.2) is 34.3 Å². The summed E-state index contributed by atoms with van der Waals surface area (Å²) in [6.07, 6.45) is 1.34. The molecule has 1 unspecified atom stereocenters. The van der Waals surface area contributed by atoms with Gasteiger partial charge in [0.05, 0.1) is 26.4 Å². The van der Waals surface area contributed by atoms with Crippen LogP contribution in [0.1, 0.15) is 37.9 Å². The Morgan fingerprint density at radius 3 is 2.65 bits per heavy atom. The van der Waals surface area contributed by atoms with Crippen molar-refractivity contribution in [1.29, 1.82) is 0 Å². The van der Waals surface area contributed by atoms with Crippen molar-refractivity contribution >= 4 is 56.9 Å². The Bertz CT molecular complexity index is 1610. The molecule has 192 valence electrons. The highest BCUT2D eigenvalue weighted by Gasteiger charge is 2.34. The average Bonchev–Trinajstić information content (AvgIpc) is 3.11. The lowest BCUT2D eigenvalue weighted by Gasteiger charge is -2.26. The summed E-state index contributed by atoms with van der Waals surface area (Å²) in [7, 11) is 0. The highest BCUT2D eigenvalue weighted by atomic mass is 79.9. The largest absolute Gasteiger partial charge is 0.481 e. The van der Waals surface area contributed by atoms with E-state index in [1.807, 2.05) is 0 Å². The van der Waals surface area contributed by atoms with Crippen LogP contribution in [0.25, 0.3) is 6.08 Å². The molecule has 2 aromatic carbocycles. The van der Waals surface area contributed by atoms with Gasteiger partial charge in [-0.25, -0.2) is 14.6 Å². The third-order valence-electron chi connectivity index (χ3n) is 5.39. The van der Waals surface area contributed by atoms with Gasteiger partial charge in [-0.3, -0.25) is 9.36 Å². The van der Waals surface area contributed by atoms with Crippen molar-refractivity contribution in [3.05, 3.63) is 94.0 Å². The first-order valence-corrected chi connectivity index (χ1v) is 13.2. The first kappa shape index (κ1) is 26.8. The number of allylic oxidation sites excluding steroid dienone is 1. The number of aliphatic carboxylic acids is 1. The maximum Gasteiger partial charge on any atom is 0.341 e. The molecule has 8 nitrogen and oxygen atoms in total. The smallest absolute Gasteiger partial charge is 0.341 e. The van der Waals surface area contributed by atoms with Crippen LogP contribution in [0.2, 0.25) is 5.02 Å². The van der Waals surface area contributed by atoms with Gasteiger partial charge >= 0.3 is 11.9 Å². The van der Waals surface area contributed by atoms with Gasteiger partial charge in [0.1, 0.15) is 11.8 Å². The number of esters is 1. The number of carbonyl (C=O) groups is 2. The van der Waals surface area contributed by atoms with Crippen LogP contribution >= 0.6 is 38.9 Å². The molecule has 0 saturated carbocycles. The van der Waals surface area contributed by atoms with Crippen LogP contribution < -0.4 is 19.6 Å². The molecule has 0 spiro atoms. The van der Waals surface area contributed by atoms with E-state index in [0.29, 0.717) is 41.4 Å². The van der Waals surface area contributed by atoms with Crippen molar-refractivity contribution in [3.63, 3.8) is 0 Å². The van der Waals surface area contributed by atoms with E-state index >= 15 is 0 Å². The summed E-state index contributed by atoms with van der Waals surface area (Å²) in [6.45, 7) is 4.75. The van der Waals surface area contributed by atoms with E-state index in [4.69, 9.17) is 26.2 Å². The van der Waals surface area contributed by atoms with Crippen molar-refractivity contribution in [3.8, 4) is 5.75 Å². The average molecular weight is 606 g/mol. The van der Waals surface area contributed by atoms with E-state index in [1.165, 1.54) is 15.9 Å².